The minimum Gasteiger partial charge on any atom is -0.309 e. The molecule has 0 bridgehead atoms. The van der Waals surface area contributed by atoms with E-state index in [0.29, 0.717) is 12.1 Å². The highest BCUT2D eigenvalue weighted by molar-refractivity contribution is 5.14. The number of piperidine rings is 1. The number of benzene rings is 1. The fraction of sp³-hybridized carbons (Fsp3) is 0.529. The molecule has 1 fully saturated rings. The first-order chi connectivity index (χ1) is 9.40. The van der Waals surface area contributed by atoms with E-state index in [2.05, 4.69) is 52.7 Å². The molecular formula is C17H24N2. The number of nitrogens with one attached hydrogen (secondary N) is 1. The van der Waals surface area contributed by atoms with Crippen molar-refractivity contribution in [2.75, 3.05) is 13.1 Å². The lowest BCUT2D eigenvalue weighted by molar-refractivity contribution is 0.176. The van der Waals surface area contributed by atoms with Gasteiger partial charge in [0, 0.05) is 25.2 Å². The normalized spacial score (nSPS) is 24.9. The number of likely N-dealkylation sites (tertiary alicyclic amines) is 1. The summed E-state index contributed by atoms with van der Waals surface area (Å²) in [6, 6.07) is 12.2. The monoisotopic (exact) mass is 256 g/mol. The van der Waals surface area contributed by atoms with Crippen LogP contribution in [-0.4, -0.2) is 30.1 Å². The third kappa shape index (κ3) is 3.68. The Morgan fingerprint density at radius 3 is 2.63 bits per heavy atom. The van der Waals surface area contributed by atoms with E-state index >= 15 is 0 Å². The fourth-order valence-corrected chi connectivity index (χ4v) is 3.26. The maximum absolute atomic E-state index is 3.83. The van der Waals surface area contributed by atoms with Crippen LogP contribution in [0.15, 0.2) is 42.5 Å². The second kappa shape index (κ2) is 6.36. The molecule has 0 aromatic heterocycles. The zero-order valence-electron chi connectivity index (χ0n) is 11.6. The highest BCUT2D eigenvalue weighted by Crippen LogP contribution is 2.17. The Labute approximate surface area is 116 Å². The SMILES string of the molecule is C1=CCC(NC2CCCN(Cc3ccccc3)C2)C1. The van der Waals surface area contributed by atoms with E-state index < -0.39 is 0 Å². The number of hydrogen-bond donors (Lipinski definition) is 1. The van der Waals surface area contributed by atoms with Gasteiger partial charge in [0.15, 0.2) is 0 Å². The average molecular weight is 256 g/mol. The van der Waals surface area contributed by atoms with Crippen molar-refractivity contribution in [1.29, 1.82) is 0 Å². The van der Waals surface area contributed by atoms with Crippen molar-refractivity contribution < 1.29 is 0 Å². The summed E-state index contributed by atoms with van der Waals surface area (Å²) in [4.78, 5) is 2.60. The van der Waals surface area contributed by atoms with Gasteiger partial charge in [-0.25, -0.2) is 0 Å². The van der Waals surface area contributed by atoms with Gasteiger partial charge in [0.1, 0.15) is 0 Å². The Kier molecular flexibility index (Phi) is 4.31. The van der Waals surface area contributed by atoms with E-state index in [9.17, 15) is 0 Å². The molecule has 1 aromatic carbocycles. The van der Waals surface area contributed by atoms with Gasteiger partial charge in [-0.05, 0) is 37.8 Å². The molecule has 1 N–H and O–H groups in total. The Hall–Kier alpha value is -1.12. The number of nitrogens with zero attached hydrogens (tertiary/aromatic N) is 1. The first kappa shape index (κ1) is 12.9. The van der Waals surface area contributed by atoms with Crippen LogP contribution in [0.2, 0.25) is 0 Å². The summed E-state index contributed by atoms with van der Waals surface area (Å²) in [7, 11) is 0. The molecule has 1 aliphatic heterocycles. The van der Waals surface area contributed by atoms with Gasteiger partial charge < -0.3 is 5.32 Å². The van der Waals surface area contributed by atoms with Crippen LogP contribution in [0.25, 0.3) is 0 Å². The lowest BCUT2D eigenvalue weighted by atomic mass is 10.0. The van der Waals surface area contributed by atoms with Crippen LogP contribution >= 0.6 is 0 Å². The molecule has 0 saturated carbocycles. The minimum absolute atomic E-state index is 0.683. The molecule has 1 aliphatic carbocycles. The van der Waals surface area contributed by atoms with Crippen LogP contribution in [0.4, 0.5) is 0 Å². The molecule has 19 heavy (non-hydrogen) atoms. The van der Waals surface area contributed by atoms with Crippen molar-refractivity contribution in [3.8, 4) is 0 Å². The zero-order valence-corrected chi connectivity index (χ0v) is 11.6. The van der Waals surface area contributed by atoms with Crippen molar-refractivity contribution in [3.63, 3.8) is 0 Å². The van der Waals surface area contributed by atoms with Crippen LogP contribution in [-0.2, 0) is 6.54 Å². The van der Waals surface area contributed by atoms with Gasteiger partial charge in [0.05, 0.1) is 0 Å². The summed E-state index contributed by atoms with van der Waals surface area (Å²) < 4.78 is 0. The van der Waals surface area contributed by atoms with E-state index in [1.54, 1.807) is 0 Å². The second-order valence-electron chi connectivity index (χ2n) is 5.87. The highest BCUT2D eigenvalue weighted by Gasteiger charge is 2.22. The van der Waals surface area contributed by atoms with Crippen molar-refractivity contribution >= 4 is 0 Å². The molecule has 1 unspecified atom stereocenters. The molecule has 1 atom stereocenters. The first-order valence-corrected chi connectivity index (χ1v) is 7.57. The van der Waals surface area contributed by atoms with Gasteiger partial charge in [-0.3, -0.25) is 4.90 Å². The Morgan fingerprint density at radius 2 is 1.84 bits per heavy atom. The topological polar surface area (TPSA) is 15.3 Å². The Bertz CT molecular complexity index is 405. The molecule has 3 rings (SSSR count). The third-order valence-electron chi connectivity index (χ3n) is 4.23. The van der Waals surface area contributed by atoms with Gasteiger partial charge in [0.2, 0.25) is 0 Å². The van der Waals surface area contributed by atoms with E-state index in [-0.39, 0.29) is 0 Å². The summed E-state index contributed by atoms with van der Waals surface area (Å²) in [5, 5.41) is 3.83. The molecule has 1 heterocycles. The first-order valence-electron chi connectivity index (χ1n) is 7.57. The van der Waals surface area contributed by atoms with E-state index in [1.807, 2.05) is 0 Å². The van der Waals surface area contributed by atoms with Gasteiger partial charge in [-0.1, -0.05) is 42.5 Å². The summed E-state index contributed by atoms with van der Waals surface area (Å²) in [6.07, 6.45) is 9.71. The van der Waals surface area contributed by atoms with Crippen LogP contribution in [0.5, 0.6) is 0 Å². The summed E-state index contributed by atoms with van der Waals surface area (Å²) in [5.74, 6) is 0. The maximum atomic E-state index is 3.83. The number of hydrogen-bond acceptors (Lipinski definition) is 2. The summed E-state index contributed by atoms with van der Waals surface area (Å²) in [6.45, 7) is 3.54. The van der Waals surface area contributed by atoms with Crippen molar-refractivity contribution in [1.82, 2.24) is 10.2 Å². The number of rotatable bonds is 4. The van der Waals surface area contributed by atoms with Gasteiger partial charge in [-0.15, -0.1) is 0 Å². The zero-order chi connectivity index (χ0) is 12.9. The molecule has 2 heteroatoms. The van der Waals surface area contributed by atoms with E-state index in [4.69, 9.17) is 0 Å². The molecule has 0 radical (unpaired) electrons. The maximum Gasteiger partial charge on any atom is 0.0234 e. The van der Waals surface area contributed by atoms with Crippen LogP contribution in [0, 0.1) is 0 Å². The molecular weight excluding hydrogens is 232 g/mol. The van der Waals surface area contributed by atoms with E-state index in [0.717, 1.165) is 6.54 Å². The fourth-order valence-electron chi connectivity index (χ4n) is 3.26. The van der Waals surface area contributed by atoms with Gasteiger partial charge in [0.25, 0.3) is 0 Å². The van der Waals surface area contributed by atoms with Crippen LogP contribution in [0.1, 0.15) is 31.2 Å². The predicted octanol–water partition coefficient (Wildman–Crippen LogP) is 2.96. The summed E-state index contributed by atoms with van der Waals surface area (Å²) >= 11 is 0. The standard InChI is InChI=1S/C17H24N2/c1-2-7-15(8-3-1)13-19-12-6-11-17(14-19)18-16-9-4-5-10-16/h1-5,7-8,16-18H,6,9-14H2. The molecule has 102 valence electrons. The molecule has 1 aromatic rings. The van der Waals surface area contributed by atoms with Crippen molar-refractivity contribution in [3.05, 3.63) is 48.0 Å². The Balaban J connectivity index is 1.50. The molecule has 2 nitrogen and oxygen atoms in total. The predicted molar refractivity (Wildman–Crippen MR) is 80.0 cm³/mol. The third-order valence-corrected chi connectivity index (χ3v) is 4.23. The molecule has 0 amide bonds. The van der Waals surface area contributed by atoms with Crippen LogP contribution < -0.4 is 5.32 Å². The highest BCUT2D eigenvalue weighted by atomic mass is 15.2. The van der Waals surface area contributed by atoms with Crippen LogP contribution in [0.3, 0.4) is 0 Å². The second-order valence-corrected chi connectivity index (χ2v) is 5.87. The van der Waals surface area contributed by atoms with Crippen molar-refractivity contribution in [2.45, 2.75) is 44.3 Å². The lowest BCUT2D eigenvalue weighted by Crippen LogP contribution is -2.48. The van der Waals surface area contributed by atoms with Crippen molar-refractivity contribution in [2.24, 2.45) is 0 Å². The average Bonchev–Trinajstić information content (AvgIpc) is 2.93. The molecule has 1 saturated heterocycles. The molecule has 2 aliphatic rings. The molecule has 0 spiro atoms. The quantitative estimate of drug-likeness (QED) is 0.833. The lowest BCUT2D eigenvalue weighted by Gasteiger charge is -2.34. The smallest absolute Gasteiger partial charge is 0.0234 e. The van der Waals surface area contributed by atoms with Gasteiger partial charge in [-0.2, -0.15) is 0 Å². The minimum atomic E-state index is 0.683. The van der Waals surface area contributed by atoms with E-state index in [1.165, 1.54) is 44.3 Å². The van der Waals surface area contributed by atoms with Gasteiger partial charge >= 0.3 is 0 Å². The summed E-state index contributed by atoms with van der Waals surface area (Å²) in [5.41, 5.74) is 1.44. The Morgan fingerprint density at radius 1 is 1.05 bits per heavy atom. The largest absolute Gasteiger partial charge is 0.309 e.